The number of benzene rings is 2. The quantitative estimate of drug-likeness (QED) is 0.567. The molecule has 0 aromatic heterocycles. The minimum absolute atomic E-state index is 0.0750. The van der Waals surface area contributed by atoms with Crippen molar-refractivity contribution in [2.75, 3.05) is 26.1 Å². The van der Waals surface area contributed by atoms with Crippen LogP contribution in [0.2, 0.25) is 0 Å². The van der Waals surface area contributed by atoms with Gasteiger partial charge in [0.25, 0.3) is 0 Å². The van der Waals surface area contributed by atoms with Gasteiger partial charge < -0.3 is 14.8 Å². The number of sulfonamides is 1. The summed E-state index contributed by atoms with van der Waals surface area (Å²) >= 11 is 3.37. The molecule has 31 heavy (non-hydrogen) atoms. The van der Waals surface area contributed by atoms with Gasteiger partial charge in [-0.15, -0.1) is 0 Å². The van der Waals surface area contributed by atoms with E-state index in [2.05, 4.69) is 21.2 Å². The molecule has 0 atom stereocenters. The summed E-state index contributed by atoms with van der Waals surface area (Å²) in [5.41, 5.74) is 0.603. The minimum Gasteiger partial charge on any atom is -0.493 e. The van der Waals surface area contributed by atoms with E-state index in [1.54, 1.807) is 24.3 Å². The predicted molar refractivity (Wildman–Crippen MR) is 123 cm³/mol. The van der Waals surface area contributed by atoms with Gasteiger partial charge in [-0.25, -0.2) is 8.42 Å². The number of anilines is 1. The molecule has 7 nitrogen and oxygen atoms in total. The smallest absolute Gasteiger partial charge is 0.243 e. The van der Waals surface area contributed by atoms with E-state index < -0.39 is 10.0 Å². The lowest BCUT2D eigenvalue weighted by molar-refractivity contribution is -0.116. The van der Waals surface area contributed by atoms with Gasteiger partial charge in [0.15, 0.2) is 11.5 Å². The Hall–Kier alpha value is -2.10. The van der Waals surface area contributed by atoms with Crippen molar-refractivity contribution in [3.63, 3.8) is 0 Å². The molecule has 0 heterocycles. The monoisotopic (exact) mass is 510 g/mol. The molecule has 0 aliphatic heterocycles. The van der Waals surface area contributed by atoms with Crippen molar-refractivity contribution < 1.29 is 22.7 Å². The Bertz CT molecular complexity index is 1020. The molecular formula is C22H27BrN2O5S. The third-order valence-corrected chi connectivity index (χ3v) is 7.74. The van der Waals surface area contributed by atoms with Crippen LogP contribution in [0.25, 0.3) is 0 Å². The zero-order valence-electron chi connectivity index (χ0n) is 17.6. The highest BCUT2D eigenvalue weighted by atomic mass is 79.9. The van der Waals surface area contributed by atoms with Gasteiger partial charge in [-0.2, -0.15) is 4.31 Å². The fourth-order valence-corrected chi connectivity index (χ4v) is 5.86. The lowest BCUT2D eigenvalue weighted by Crippen LogP contribution is -2.45. The summed E-state index contributed by atoms with van der Waals surface area (Å²) in [5, 5.41) is 2.80. The maximum atomic E-state index is 13.6. The summed E-state index contributed by atoms with van der Waals surface area (Å²) in [6.07, 6.45) is 4.42. The fraction of sp³-hybridized carbons (Fsp3) is 0.409. The summed E-state index contributed by atoms with van der Waals surface area (Å²) < 4.78 is 39.8. The highest BCUT2D eigenvalue weighted by Gasteiger charge is 2.34. The molecule has 1 saturated carbocycles. The Labute approximate surface area is 191 Å². The van der Waals surface area contributed by atoms with E-state index in [9.17, 15) is 13.2 Å². The number of rotatable bonds is 8. The number of nitrogens with zero attached hydrogens (tertiary/aromatic N) is 1. The second-order valence-electron chi connectivity index (χ2n) is 7.42. The molecule has 1 aliphatic carbocycles. The molecule has 0 bridgehead atoms. The largest absolute Gasteiger partial charge is 0.493 e. The minimum atomic E-state index is -3.93. The summed E-state index contributed by atoms with van der Waals surface area (Å²) in [6.45, 7) is -0.256. The first-order valence-electron chi connectivity index (χ1n) is 10.1. The maximum absolute atomic E-state index is 13.6. The van der Waals surface area contributed by atoms with Crippen LogP contribution in [0.5, 0.6) is 11.5 Å². The Morgan fingerprint density at radius 1 is 1.06 bits per heavy atom. The van der Waals surface area contributed by atoms with Crippen molar-refractivity contribution in [2.24, 2.45) is 0 Å². The van der Waals surface area contributed by atoms with Gasteiger partial charge in [0.2, 0.25) is 15.9 Å². The van der Waals surface area contributed by atoms with E-state index in [0.717, 1.165) is 36.6 Å². The first-order chi connectivity index (χ1) is 14.8. The van der Waals surface area contributed by atoms with E-state index in [1.807, 2.05) is 6.07 Å². The topological polar surface area (TPSA) is 84.9 Å². The van der Waals surface area contributed by atoms with Crippen molar-refractivity contribution in [3.05, 3.63) is 46.9 Å². The molecule has 0 saturated heterocycles. The third kappa shape index (κ3) is 5.78. The highest BCUT2D eigenvalue weighted by Crippen LogP contribution is 2.33. The summed E-state index contributed by atoms with van der Waals surface area (Å²) in [5.74, 6) is 0.386. The van der Waals surface area contributed by atoms with Gasteiger partial charge >= 0.3 is 0 Å². The van der Waals surface area contributed by atoms with E-state index in [0.29, 0.717) is 17.2 Å². The van der Waals surface area contributed by atoms with Gasteiger partial charge in [-0.3, -0.25) is 4.79 Å². The van der Waals surface area contributed by atoms with Crippen LogP contribution < -0.4 is 14.8 Å². The Morgan fingerprint density at radius 3 is 2.42 bits per heavy atom. The lowest BCUT2D eigenvalue weighted by atomic mass is 9.95. The number of amides is 1. The number of carbonyl (C=O) groups excluding carboxylic acids is 1. The Morgan fingerprint density at radius 2 is 1.77 bits per heavy atom. The SMILES string of the molecule is COc1ccc(S(=O)(=O)N(CC(=O)Nc2cccc(Br)c2)C2CCCCC2)cc1OC. The third-order valence-electron chi connectivity index (χ3n) is 5.35. The van der Waals surface area contributed by atoms with Crippen molar-refractivity contribution >= 4 is 37.5 Å². The second-order valence-corrected chi connectivity index (χ2v) is 10.2. The molecule has 1 N–H and O–H groups in total. The first kappa shape index (κ1) is 23.6. The van der Waals surface area contributed by atoms with Gasteiger partial charge in [-0.05, 0) is 43.2 Å². The molecule has 0 unspecified atom stereocenters. The number of hydrogen-bond acceptors (Lipinski definition) is 5. The van der Waals surface area contributed by atoms with Crippen LogP contribution in [0.3, 0.4) is 0 Å². The van der Waals surface area contributed by atoms with Crippen molar-refractivity contribution in [2.45, 2.75) is 43.0 Å². The van der Waals surface area contributed by atoms with Gasteiger partial charge in [0.05, 0.1) is 25.7 Å². The van der Waals surface area contributed by atoms with Crippen LogP contribution in [0.1, 0.15) is 32.1 Å². The normalized spacial score (nSPS) is 15.0. The van der Waals surface area contributed by atoms with Crippen LogP contribution in [0.4, 0.5) is 5.69 Å². The average molecular weight is 511 g/mol. The molecule has 1 aliphatic rings. The van der Waals surface area contributed by atoms with Crippen molar-refractivity contribution in [3.8, 4) is 11.5 Å². The second kappa shape index (κ2) is 10.5. The lowest BCUT2D eigenvalue weighted by Gasteiger charge is -2.33. The van der Waals surface area contributed by atoms with Gasteiger partial charge in [0.1, 0.15) is 0 Å². The van der Waals surface area contributed by atoms with Gasteiger partial charge in [0, 0.05) is 22.3 Å². The van der Waals surface area contributed by atoms with E-state index in [4.69, 9.17) is 9.47 Å². The number of nitrogens with one attached hydrogen (secondary N) is 1. The van der Waals surface area contributed by atoms with E-state index in [1.165, 1.54) is 30.7 Å². The number of carbonyl (C=O) groups is 1. The molecule has 0 spiro atoms. The molecule has 1 fully saturated rings. The van der Waals surface area contributed by atoms with Crippen LogP contribution in [-0.4, -0.2) is 45.4 Å². The fourth-order valence-electron chi connectivity index (χ4n) is 3.80. The van der Waals surface area contributed by atoms with E-state index in [-0.39, 0.29) is 23.4 Å². The highest BCUT2D eigenvalue weighted by molar-refractivity contribution is 9.10. The van der Waals surface area contributed by atoms with Crippen molar-refractivity contribution in [1.29, 1.82) is 0 Å². The number of methoxy groups -OCH3 is 2. The summed E-state index contributed by atoms with van der Waals surface area (Å²) in [6, 6.07) is 11.5. The number of halogens is 1. The number of hydrogen-bond donors (Lipinski definition) is 1. The van der Waals surface area contributed by atoms with Crippen LogP contribution in [0, 0.1) is 0 Å². The molecule has 2 aromatic carbocycles. The summed E-state index contributed by atoms with van der Waals surface area (Å²) in [4.78, 5) is 12.9. The molecule has 168 valence electrons. The molecular weight excluding hydrogens is 484 g/mol. The molecule has 9 heteroatoms. The van der Waals surface area contributed by atoms with Crippen LogP contribution >= 0.6 is 15.9 Å². The zero-order chi connectivity index (χ0) is 22.4. The standard InChI is InChI=1S/C22H27BrN2O5S/c1-29-20-12-11-19(14-21(20)30-2)31(27,28)25(18-9-4-3-5-10-18)15-22(26)24-17-8-6-7-16(23)13-17/h6-8,11-14,18H,3-5,9-10,15H2,1-2H3,(H,24,26). The molecule has 2 aromatic rings. The Balaban J connectivity index is 1.89. The predicted octanol–water partition coefficient (Wildman–Crippen LogP) is 4.43. The zero-order valence-corrected chi connectivity index (χ0v) is 20.0. The maximum Gasteiger partial charge on any atom is 0.243 e. The van der Waals surface area contributed by atoms with E-state index >= 15 is 0 Å². The molecule has 1 amide bonds. The Kier molecular flexibility index (Phi) is 7.96. The number of ether oxygens (including phenoxy) is 2. The molecule has 3 rings (SSSR count). The molecule has 0 radical (unpaired) electrons. The van der Waals surface area contributed by atoms with Crippen LogP contribution in [-0.2, 0) is 14.8 Å². The van der Waals surface area contributed by atoms with Crippen molar-refractivity contribution in [1.82, 2.24) is 4.31 Å². The summed E-state index contributed by atoms with van der Waals surface area (Å²) in [7, 11) is -0.976. The first-order valence-corrected chi connectivity index (χ1v) is 12.4. The average Bonchev–Trinajstić information content (AvgIpc) is 2.77. The van der Waals surface area contributed by atoms with Crippen LogP contribution in [0.15, 0.2) is 51.8 Å². The van der Waals surface area contributed by atoms with Gasteiger partial charge in [-0.1, -0.05) is 41.3 Å².